The Balaban J connectivity index is 1.58. The van der Waals surface area contributed by atoms with Crippen molar-refractivity contribution in [2.24, 2.45) is 0 Å². The number of nitrogens with one attached hydrogen (secondary N) is 2. The van der Waals surface area contributed by atoms with Crippen LogP contribution in [0.25, 0.3) is 11.5 Å². The van der Waals surface area contributed by atoms with Crippen molar-refractivity contribution in [3.8, 4) is 11.5 Å². The molecule has 0 bridgehead atoms. The number of hydrogen-bond acceptors (Lipinski definition) is 4. The van der Waals surface area contributed by atoms with Crippen LogP contribution in [0, 0.1) is 6.92 Å². The third kappa shape index (κ3) is 4.50. The van der Waals surface area contributed by atoms with E-state index in [0.717, 1.165) is 16.7 Å². The van der Waals surface area contributed by atoms with Crippen molar-refractivity contribution in [2.75, 3.05) is 5.32 Å². The van der Waals surface area contributed by atoms with Crippen LogP contribution in [0.4, 0.5) is 10.5 Å². The maximum Gasteiger partial charge on any atom is 0.320 e. The van der Waals surface area contributed by atoms with Gasteiger partial charge in [0.1, 0.15) is 6.04 Å². The van der Waals surface area contributed by atoms with E-state index >= 15 is 0 Å². The summed E-state index contributed by atoms with van der Waals surface area (Å²) >= 11 is 0. The van der Waals surface area contributed by atoms with E-state index in [9.17, 15) is 4.79 Å². The van der Waals surface area contributed by atoms with Crippen molar-refractivity contribution in [1.82, 2.24) is 15.5 Å². The van der Waals surface area contributed by atoms with Gasteiger partial charge in [-0.15, -0.1) is 10.2 Å². The molecule has 1 aromatic heterocycles. The van der Waals surface area contributed by atoms with Crippen molar-refractivity contribution >= 4 is 11.7 Å². The first-order valence-electron chi connectivity index (χ1n) is 9.27. The second-order valence-corrected chi connectivity index (χ2v) is 6.62. The summed E-state index contributed by atoms with van der Waals surface area (Å²) < 4.78 is 5.89. The van der Waals surface area contributed by atoms with E-state index in [2.05, 4.69) is 20.8 Å². The number of rotatable bonds is 5. The number of aromatic nitrogens is 2. The van der Waals surface area contributed by atoms with Gasteiger partial charge in [0.2, 0.25) is 11.8 Å². The summed E-state index contributed by atoms with van der Waals surface area (Å²) in [6.07, 6.45) is 0. The van der Waals surface area contributed by atoms with Crippen molar-refractivity contribution < 1.29 is 9.21 Å². The Hall–Kier alpha value is -3.93. The van der Waals surface area contributed by atoms with Gasteiger partial charge in [-0.1, -0.05) is 66.2 Å². The fourth-order valence-electron chi connectivity index (χ4n) is 2.92. The summed E-state index contributed by atoms with van der Waals surface area (Å²) in [5.74, 6) is 0.719. The van der Waals surface area contributed by atoms with Crippen LogP contribution in [0.2, 0.25) is 0 Å². The maximum absolute atomic E-state index is 12.6. The normalized spacial score (nSPS) is 11.6. The molecule has 0 radical (unpaired) electrons. The van der Waals surface area contributed by atoms with Gasteiger partial charge >= 0.3 is 6.03 Å². The zero-order valence-corrected chi connectivity index (χ0v) is 15.9. The van der Waals surface area contributed by atoms with E-state index in [1.807, 2.05) is 91.9 Å². The summed E-state index contributed by atoms with van der Waals surface area (Å²) in [5, 5.41) is 14.1. The van der Waals surface area contributed by atoms with Crippen molar-refractivity contribution in [3.63, 3.8) is 0 Å². The number of hydrogen-bond donors (Lipinski definition) is 2. The van der Waals surface area contributed by atoms with Crippen LogP contribution in [0.3, 0.4) is 0 Å². The molecule has 144 valence electrons. The minimum absolute atomic E-state index is 0.314. The number of anilines is 1. The molecule has 4 aromatic rings. The summed E-state index contributed by atoms with van der Waals surface area (Å²) in [7, 11) is 0. The van der Waals surface area contributed by atoms with Crippen molar-refractivity contribution in [3.05, 3.63) is 102 Å². The molecule has 6 nitrogen and oxygen atoms in total. The number of benzene rings is 3. The average molecular weight is 384 g/mol. The Kier molecular flexibility index (Phi) is 5.33. The van der Waals surface area contributed by atoms with Crippen LogP contribution < -0.4 is 10.6 Å². The lowest BCUT2D eigenvalue weighted by molar-refractivity contribution is 0.248. The van der Waals surface area contributed by atoms with Gasteiger partial charge in [0.25, 0.3) is 0 Å². The predicted molar refractivity (Wildman–Crippen MR) is 111 cm³/mol. The van der Waals surface area contributed by atoms with Crippen molar-refractivity contribution in [2.45, 2.75) is 13.0 Å². The molecule has 2 amide bonds. The molecule has 3 aromatic carbocycles. The van der Waals surface area contributed by atoms with E-state index in [1.54, 1.807) is 0 Å². The zero-order chi connectivity index (χ0) is 20.1. The number of urea groups is 1. The fourth-order valence-corrected chi connectivity index (χ4v) is 2.92. The highest BCUT2D eigenvalue weighted by atomic mass is 16.4. The summed E-state index contributed by atoms with van der Waals surface area (Å²) in [5.41, 5.74) is 3.49. The average Bonchev–Trinajstić information content (AvgIpc) is 3.25. The van der Waals surface area contributed by atoms with E-state index in [4.69, 9.17) is 4.42 Å². The highest BCUT2D eigenvalue weighted by Crippen LogP contribution is 2.25. The third-order valence-electron chi connectivity index (χ3n) is 4.43. The lowest BCUT2D eigenvalue weighted by atomic mass is 10.1. The first-order chi connectivity index (χ1) is 14.2. The molecule has 0 saturated carbocycles. The van der Waals surface area contributed by atoms with Crippen molar-refractivity contribution in [1.29, 1.82) is 0 Å². The Morgan fingerprint density at radius 1 is 0.862 bits per heavy atom. The zero-order valence-electron chi connectivity index (χ0n) is 15.9. The third-order valence-corrected chi connectivity index (χ3v) is 4.43. The van der Waals surface area contributed by atoms with E-state index in [-0.39, 0.29) is 6.03 Å². The van der Waals surface area contributed by atoms with Gasteiger partial charge in [-0.2, -0.15) is 0 Å². The summed E-state index contributed by atoms with van der Waals surface area (Å²) in [6, 6.07) is 25.7. The van der Waals surface area contributed by atoms with Gasteiger partial charge in [-0.25, -0.2) is 4.79 Å². The lowest BCUT2D eigenvalue weighted by Gasteiger charge is -2.16. The molecule has 29 heavy (non-hydrogen) atoms. The first-order valence-corrected chi connectivity index (χ1v) is 9.27. The minimum Gasteiger partial charge on any atom is -0.418 e. The number of carbonyl (C=O) groups excluding carboxylic acids is 1. The number of aryl methyl sites for hydroxylation is 1. The quantitative estimate of drug-likeness (QED) is 0.510. The molecule has 6 heteroatoms. The van der Waals surface area contributed by atoms with Crippen LogP contribution in [0.1, 0.15) is 23.1 Å². The second kappa shape index (κ2) is 8.39. The van der Waals surface area contributed by atoms with Crippen LogP contribution in [0.5, 0.6) is 0 Å². The molecular weight excluding hydrogens is 364 g/mol. The summed E-state index contributed by atoms with van der Waals surface area (Å²) in [6.45, 7) is 2.00. The number of nitrogens with zero attached hydrogens (tertiary/aromatic N) is 2. The van der Waals surface area contributed by atoms with Crippen LogP contribution in [-0.2, 0) is 0 Å². The largest absolute Gasteiger partial charge is 0.418 e. The van der Waals surface area contributed by atoms with Gasteiger partial charge in [0.15, 0.2) is 0 Å². The topological polar surface area (TPSA) is 80.0 Å². The van der Waals surface area contributed by atoms with E-state index in [1.165, 1.54) is 0 Å². The van der Waals surface area contributed by atoms with E-state index in [0.29, 0.717) is 17.5 Å². The van der Waals surface area contributed by atoms with Gasteiger partial charge in [0, 0.05) is 11.3 Å². The molecule has 2 N–H and O–H groups in total. The first kappa shape index (κ1) is 18.4. The fraction of sp³-hybridized carbons (Fsp3) is 0.0870. The highest BCUT2D eigenvalue weighted by molar-refractivity contribution is 5.89. The molecule has 0 aliphatic rings. The maximum atomic E-state index is 12.6. The molecule has 0 saturated heterocycles. The van der Waals surface area contributed by atoms with Gasteiger partial charge in [-0.05, 0) is 36.8 Å². The summed E-state index contributed by atoms with van der Waals surface area (Å²) in [4.78, 5) is 12.6. The molecule has 0 aliphatic heterocycles. The minimum atomic E-state index is -0.577. The molecular formula is C23H20N4O2. The number of carbonyl (C=O) groups is 1. The Morgan fingerprint density at radius 3 is 2.21 bits per heavy atom. The van der Waals surface area contributed by atoms with Gasteiger partial charge in [-0.3, -0.25) is 0 Å². The number of amides is 2. The van der Waals surface area contributed by atoms with E-state index < -0.39 is 6.04 Å². The molecule has 0 spiro atoms. The SMILES string of the molecule is Cc1ccc(NC(=O)N[C@@H](c2ccccc2)c2nnc(-c3ccccc3)o2)cc1. The molecule has 0 fully saturated rings. The Morgan fingerprint density at radius 2 is 1.52 bits per heavy atom. The molecule has 1 heterocycles. The van der Waals surface area contributed by atoms with Crippen LogP contribution in [-0.4, -0.2) is 16.2 Å². The smallest absolute Gasteiger partial charge is 0.320 e. The monoisotopic (exact) mass is 384 g/mol. The lowest BCUT2D eigenvalue weighted by Crippen LogP contribution is -2.33. The van der Waals surface area contributed by atoms with Gasteiger partial charge in [0.05, 0.1) is 0 Å². The molecule has 1 atom stereocenters. The molecule has 0 unspecified atom stereocenters. The standard InChI is InChI=1S/C23H20N4O2/c1-16-12-14-19(15-13-16)24-23(28)25-20(17-8-4-2-5-9-17)22-27-26-21(29-22)18-10-6-3-7-11-18/h2-15,20H,1H3,(H2,24,25,28)/t20-/m0/s1. The Bertz CT molecular complexity index is 1080. The van der Waals surface area contributed by atoms with Gasteiger partial charge < -0.3 is 15.1 Å². The molecule has 4 rings (SSSR count). The highest BCUT2D eigenvalue weighted by Gasteiger charge is 2.23. The second-order valence-electron chi connectivity index (χ2n) is 6.62. The predicted octanol–water partition coefficient (Wildman–Crippen LogP) is 4.96. The Labute approximate surface area is 168 Å². The van der Waals surface area contributed by atoms with Crippen LogP contribution >= 0.6 is 0 Å². The molecule has 0 aliphatic carbocycles. The van der Waals surface area contributed by atoms with Crippen LogP contribution in [0.15, 0.2) is 89.3 Å².